The molecule has 1 nitrogen and oxygen atoms in total. The number of halogens is 4. The Morgan fingerprint density at radius 1 is 0.591 bits per heavy atom. The van der Waals surface area contributed by atoms with Crippen LogP contribution >= 0.6 is 0 Å². The standard InChI is InChI=1S/C39H32F4O/c1-4-6-19-44-31-21-27(5-2)32(39(43)24-31)16-10-26-8-11-28(12-9-26)33-17-13-30(22-37(33)41)35-18-14-29(23-38(35)42)34-15-7-25(3)20-36(34)40/h7-9,11-15,17-18,20-24H,4-6,19H2,1-3H3. The first-order valence-electron chi connectivity index (χ1n) is 14.7. The predicted octanol–water partition coefficient (Wildman–Crippen LogP) is 10.7. The average molecular weight is 593 g/mol. The number of aryl methyl sites for hydroxylation is 2. The monoisotopic (exact) mass is 592 g/mol. The maximum absolute atomic E-state index is 15.3. The van der Waals surface area contributed by atoms with Crippen LogP contribution in [-0.2, 0) is 6.42 Å². The molecule has 0 bridgehead atoms. The summed E-state index contributed by atoms with van der Waals surface area (Å²) < 4.78 is 65.3. The molecule has 222 valence electrons. The molecule has 0 heterocycles. The van der Waals surface area contributed by atoms with E-state index in [9.17, 15) is 8.78 Å². The molecule has 0 spiro atoms. The van der Waals surface area contributed by atoms with E-state index in [1.165, 1.54) is 30.3 Å². The lowest BCUT2D eigenvalue weighted by Crippen LogP contribution is -2.00. The Morgan fingerprint density at radius 2 is 1.16 bits per heavy atom. The fourth-order valence-electron chi connectivity index (χ4n) is 5.03. The molecule has 0 aromatic heterocycles. The summed E-state index contributed by atoms with van der Waals surface area (Å²) in [7, 11) is 0. The van der Waals surface area contributed by atoms with E-state index in [-0.39, 0.29) is 5.56 Å². The molecular weight excluding hydrogens is 560 g/mol. The van der Waals surface area contributed by atoms with Crippen LogP contribution in [0.25, 0.3) is 33.4 Å². The van der Waals surface area contributed by atoms with Crippen molar-refractivity contribution < 1.29 is 22.3 Å². The van der Waals surface area contributed by atoms with Crippen molar-refractivity contribution in [1.29, 1.82) is 0 Å². The molecule has 0 saturated carbocycles. The Hall–Kier alpha value is -4.82. The number of hydrogen-bond donors (Lipinski definition) is 0. The predicted molar refractivity (Wildman–Crippen MR) is 170 cm³/mol. The van der Waals surface area contributed by atoms with Gasteiger partial charge in [0.25, 0.3) is 0 Å². The zero-order valence-corrected chi connectivity index (χ0v) is 24.9. The minimum Gasteiger partial charge on any atom is -0.493 e. The van der Waals surface area contributed by atoms with E-state index in [1.807, 2.05) is 13.0 Å². The highest BCUT2D eigenvalue weighted by atomic mass is 19.1. The Bertz CT molecular complexity index is 1860. The van der Waals surface area contributed by atoms with Gasteiger partial charge in [-0.15, -0.1) is 0 Å². The van der Waals surface area contributed by atoms with Crippen LogP contribution in [0.15, 0.2) is 91.0 Å². The molecule has 0 unspecified atom stereocenters. The third kappa shape index (κ3) is 6.87. The molecule has 5 rings (SSSR count). The molecule has 0 N–H and O–H groups in total. The molecule has 0 atom stereocenters. The number of unbranched alkanes of at least 4 members (excludes halogenated alkanes) is 1. The summed E-state index contributed by atoms with van der Waals surface area (Å²) in [5.74, 6) is 4.55. The molecule has 0 aliphatic rings. The molecule has 5 aromatic carbocycles. The zero-order chi connectivity index (χ0) is 31.2. The van der Waals surface area contributed by atoms with Crippen LogP contribution in [0.3, 0.4) is 0 Å². The molecular formula is C39H32F4O. The lowest BCUT2D eigenvalue weighted by atomic mass is 9.96. The summed E-state index contributed by atoms with van der Waals surface area (Å²) in [6.07, 6.45) is 2.51. The maximum atomic E-state index is 15.3. The molecule has 5 aromatic rings. The van der Waals surface area contributed by atoms with Crippen molar-refractivity contribution in [3.8, 4) is 51.0 Å². The van der Waals surface area contributed by atoms with Crippen molar-refractivity contribution in [3.05, 3.63) is 137 Å². The van der Waals surface area contributed by atoms with Crippen molar-refractivity contribution in [2.45, 2.75) is 40.0 Å². The quantitative estimate of drug-likeness (QED) is 0.0990. The Balaban J connectivity index is 1.34. The highest BCUT2D eigenvalue weighted by molar-refractivity contribution is 5.74. The molecule has 0 aliphatic carbocycles. The van der Waals surface area contributed by atoms with Gasteiger partial charge in [-0.2, -0.15) is 0 Å². The summed E-state index contributed by atoms with van der Waals surface area (Å²) in [6.45, 7) is 6.34. The van der Waals surface area contributed by atoms with E-state index in [0.29, 0.717) is 57.7 Å². The number of rotatable bonds is 8. The first-order valence-corrected chi connectivity index (χ1v) is 14.7. The fraction of sp³-hybridized carbons (Fsp3) is 0.179. The highest BCUT2D eigenvalue weighted by Crippen LogP contribution is 2.33. The summed E-state index contributed by atoms with van der Waals surface area (Å²) in [4.78, 5) is 0. The van der Waals surface area contributed by atoms with Crippen molar-refractivity contribution in [2.24, 2.45) is 0 Å². The average Bonchev–Trinajstić information content (AvgIpc) is 3.01. The molecule has 44 heavy (non-hydrogen) atoms. The van der Waals surface area contributed by atoms with Gasteiger partial charge in [0.2, 0.25) is 0 Å². The van der Waals surface area contributed by atoms with Gasteiger partial charge in [0.1, 0.15) is 29.0 Å². The van der Waals surface area contributed by atoms with Crippen LogP contribution in [0.1, 0.15) is 48.9 Å². The lowest BCUT2D eigenvalue weighted by molar-refractivity contribution is 0.307. The molecule has 0 fully saturated rings. The second kappa shape index (κ2) is 13.7. The van der Waals surface area contributed by atoms with E-state index < -0.39 is 23.3 Å². The van der Waals surface area contributed by atoms with Crippen LogP contribution in [0, 0.1) is 42.0 Å². The van der Waals surface area contributed by atoms with Gasteiger partial charge >= 0.3 is 0 Å². The summed E-state index contributed by atoms with van der Waals surface area (Å²) in [6, 6.07) is 24.0. The Kier molecular flexibility index (Phi) is 9.50. The van der Waals surface area contributed by atoms with Crippen LogP contribution < -0.4 is 4.74 Å². The topological polar surface area (TPSA) is 9.23 Å². The minimum atomic E-state index is -0.570. The third-order valence-electron chi connectivity index (χ3n) is 7.51. The first kappa shape index (κ1) is 30.6. The molecule has 0 amide bonds. The van der Waals surface area contributed by atoms with E-state index >= 15 is 8.78 Å². The van der Waals surface area contributed by atoms with Crippen molar-refractivity contribution in [1.82, 2.24) is 0 Å². The van der Waals surface area contributed by atoms with Gasteiger partial charge in [-0.3, -0.25) is 0 Å². The van der Waals surface area contributed by atoms with E-state index in [4.69, 9.17) is 4.74 Å². The lowest BCUT2D eigenvalue weighted by Gasteiger charge is -2.10. The van der Waals surface area contributed by atoms with Crippen LogP contribution in [0.4, 0.5) is 17.6 Å². The first-order chi connectivity index (χ1) is 21.3. The van der Waals surface area contributed by atoms with Crippen LogP contribution in [0.2, 0.25) is 0 Å². The number of hydrogen-bond acceptors (Lipinski definition) is 1. The molecule has 5 heteroatoms. The zero-order valence-electron chi connectivity index (χ0n) is 24.9. The highest BCUT2D eigenvalue weighted by Gasteiger charge is 2.14. The smallest absolute Gasteiger partial charge is 0.142 e. The summed E-state index contributed by atoms with van der Waals surface area (Å²) >= 11 is 0. The minimum absolute atomic E-state index is 0.219. The summed E-state index contributed by atoms with van der Waals surface area (Å²) in [5.41, 5.74) is 4.82. The van der Waals surface area contributed by atoms with Crippen LogP contribution in [-0.4, -0.2) is 6.61 Å². The van der Waals surface area contributed by atoms with Gasteiger partial charge in [0.15, 0.2) is 0 Å². The summed E-state index contributed by atoms with van der Waals surface area (Å²) in [5, 5.41) is 0. The molecule has 0 radical (unpaired) electrons. The fourth-order valence-corrected chi connectivity index (χ4v) is 5.03. The van der Waals surface area contributed by atoms with Gasteiger partial charge in [-0.25, -0.2) is 17.6 Å². The van der Waals surface area contributed by atoms with Gasteiger partial charge in [-0.1, -0.05) is 80.6 Å². The van der Waals surface area contributed by atoms with Gasteiger partial charge in [0.05, 0.1) is 12.2 Å². The third-order valence-corrected chi connectivity index (χ3v) is 7.51. The van der Waals surface area contributed by atoms with Gasteiger partial charge in [-0.05, 0) is 84.0 Å². The SMILES string of the molecule is CCCCOc1cc(F)c(C#Cc2ccc(-c3ccc(-c4ccc(-c5ccc(C)cc5F)cc4F)cc3F)cc2)c(CC)c1. The van der Waals surface area contributed by atoms with E-state index in [0.717, 1.165) is 24.0 Å². The Labute approximate surface area is 256 Å². The Morgan fingerprint density at radius 3 is 1.73 bits per heavy atom. The number of ether oxygens (including phenoxy) is 1. The van der Waals surface area contributed by atoms with Gasteiger partial charge in [0, 0.05) is 28.3 Å². The van der Waals surface area contributed by atoms with Gasteiger partial charge < -0.3 is 4.74 Å². The van der Waals surface area contributed by atoms with E-state index in [2.05, 4.69) is 18.8 Å². The van der Waals surface area contributed by atoms with Crippen molar-refractivity contribution in [3.63, 3.8) is 0 Å². The normalized spacial score (nSPS) is 10.8. The molecule has 0 aliphatic heterocycles. The van der Waals surface area contributed by atoms with Crippen molar-refractivity contribution in [2.75, 3.05) is 6.61 Å². The maximum Gasteiger partial charge on any atom is 0.142 e. The number of benzene rings is 5. The van der Waals surface area contributed by atoms with E-state index in [1.54, 1.807) is 61.5 Å². The molecule has 0 saturated heterocycles. The van der Waals surface area contributed by atoms with Crippen LogP contribution in [0.5, 0.6) is 5.75 Å². The second-order valence-corrected chi connectivity index (χ2v) is 10.7. The van der Waals surface area contributed by atoms with Crippen molar-refractivity contribution >= 4 is 0 Å². The second-order valence-electron chi connectivity index (χ2n) is 10.7. The largest absolute Gasteiger partial charge is 0.493 e.